The molecule has 2 heterocycles. The number of hydrogen-bond donors (Lipinski definition) is 0. The van der Waals surface area contributed by atoms with Gasteiger partial charge in [-0.15, -0.1) is 0 Å². The van der Waals surface area contributed by atoms with Crippen LogP contribution in [0.5, 0.6) is 0 Å². The van der Waals surface area contributed by atoms with E-state index < -0.39 is 7.14 Å². The van der Waals surface area contributed by atoms with E-state index >= 15 is 4.57 Å². The van der Waals surface area contributed by atoms with Crippen molar-refractivity contribution in [3.8, 4) is 50.2 Å². The average Bonchev–Trinajstić information content (AvgIpc) is 3.73. The Balaban J connectivity index is 1.23. The van der Waals surface area contributed by atoms with Crippen molar-refractivity contribution in [1.29, 1.82) is 0 Å². The van der Waals surface area contributed by atoms with Gasteiger partial charge in [-0.2, -0.15) is 0 Å². The van der Waals surface area contributed by atoms with Crippen LogP contribution in [0.3, 0.4) is 0 Å². The summed E-state index contributed by atoms with van der Waals surface area (Å²) in [6.45, 7) is 0. The summed E-state index contributed by atoms with van der Waals surface area (Å²) in [5, 5.41) is 7.16. The first kappa shape index (κ1) is 31.8. The highest BCUT2D eigenvalue weighted by molar-refractivity contribution is 7.86. The molecule has 55 heavy (non-hydrogen) atoms. The lowest BCUT2D eigenvalue weighted by Crippen LogP contribution is -2.22. The zero-order chi connectivity index (χ0) is 36.5. The third kappa shape index (κ3) is 4.92. The Morgan fingerprint density at radius 1 is 0.382 bits per heavy atom. The van der Waals surface area contributed by atoms with E-state index in [0.717, 1.165) is 87.6 Å². The van der Waals surface area contributed by atoms with Crippen molar-refractivity contribution in [1.82, 2.24) is 4.57 Å². The van der Waals surface area contributed by atoms with E-state index in [4.69, 9.17) is 0 Å². The molecular formula is C52H34NOP. The van der Waals surface area contributed by atoms with Crippen molar-refractivity contribution >= 4 is 55.6 Å². The van der Waals surface area contributed by atoms with E-state index in [1.54, 1.807) is 0 Å². The third-order valence-electron chi connectivity index (χ3n) is 11.3. The fourth-order valence-corrected chi connectivity index (χ4v) is 12.0. The Morgan fingerprint density at radius 3 is 1.58 bits per heavy atom. The highest BCUT2D eigenvalue weighted by atomic mass is 31.2. The summed E-state index contributed by atoms with van der Waals surface area (Å²) in [6.07, 6.45) is 0. The van der Waals surface area contributed by atoms with Gasteiger partial charge >= 0.3 is 0 Å². The lowest BCUT2D eigenvalue weighted by molar-refractivity contribution is 0.593. The summed E-state index contributed by atoms with van der Waals surface area (Å²) >= 11 is 0. The number of nitrogens with zero attached hydrogens (tertiary/aromatic N) is 1. The molecule has 0 saturated heterocycles. The van der Waals surface area contributed by atoms with Crippen molar-refractivity contribution in [2.75, 3.05) is 0 Å². The molecule has 10 aromatic rings. The number of fused-ring (bicyclic) bond motifs is 8. The van der Waals surface area contributed by atoms with Crippen LogP contribution in [-0.4, -0.2) is 4.57 Å². The molecule has 0 bridgehead atoms. The highest BCUT2D eigenvalue weighted by Crippen LogP contribution is 2.55. The lowest BCUT2D eigenvalue weighted by Gasteiger charge is -2.20. The molecular weight excluding hydrogens is 686 g/mol. The minimum atomic E-state index is -3.35. The molecule has 0 saturated carbocycles. The largest absolute Gasteiger partial charge is 0.309 e. The Hall–Kier alpha value is -6.73. The van der Waals surface area contributed by atoms with Crippen molar-refractivity contribution in [3.63, 3.8) is 0 Å². The molecule has 1 aliphatic rings. The van der Waals surface area contributed by atoms with Gasteiger partial charge in [-0.1, -0.05) is 170 Å². The summed E-state index contributed by atoms with van der Waals surface area (Å²) in [5.74, 6) is 0. The number of para-hydroxylation sites is 1. The van der Waals surface area contributed by atoms with E-state index in [2.05, 4.69) is 180 Å². The topological polar surface area (TPSA) is 22.0 Å². The van der Waals surface area contributed by atoms with Crippen LogP contribution in [0.1, 0.15) is 0 Å². The highest BCUT2D eigenvalue weighted by Gasteiger charge is 2.43. The summed E-state index contributed by atoms with van der Waals surface area (Å²) in [7, 11) is -3.35. The molecule has 9 aromatic carbocycles. The number of rotatable bonds is 5. The summed E-state index contributed by atoms with van der Waals surface area (Å²) in [6, 6.07) is 73.0. The first-order valence-electron chi connectivity index (χ1n) is 18.8. The molecule has 1 atom stereocenters. The monoisotopic (exact) mass is 719 g/mol. The normalized spacial score (nSPS) is 14.7. The van der Waals surface area contributed by atoms with E-state index in [1.807, 2.05) is 30.3 Å². The van der Waals surface area contributed by atoms with Crippen molar-refractivity contribution in [3.05, 3.63) is 206 Å². The molecule has 0 radical (unpaired) electrons. The van der Waals surface area contributed by atoms with Crippen LogP contribution < -0.4 is 15.9 Å². The van der Waals surface area contributed by atoms with Crippen LogP contribution in [-0.2, 0) is 4.57 Å². The lowest BCUT2D eigenvalue weighted by atomic mass is 9.96. The van der Waals surface area contributed by atoms with Gasteiger partial charge in [0, 0.05) is 27.1 Å². The molecule has 3 heteroatoms. The van der Waals surface area contributed by atoms with Gasteiger partial charge in [0.2, 0.25) is 0 Å². The van der Waals surface area contributed by atoms with Gasteiger partial charge < -0.3 is 9.13 Å². The van der Waals surface area contributed by atoms with E-state index in [9.17, 15) is 0 Å². The molecule has 2 nitrogen and oxygen atoms in total. The van der Waals surface area contributed by atoms with Gasteiger partial charge in [0.05, 0.1) is 16.3 Å². The van der Waals surface area contributed by atoms with Crippen LogP contribution in [0.25, 0.3) is 82.8 Å². The Bertz CT molecular complexity index is 3150. The molecule has 0 amide bonds. The second kappa shape index (κ2) is 12.4. The van der Waals surface area contributed by atoms with Crippen molar-refractivity contribution in [2.45, 2.75) is 0 Å². The maximum Gasteiger partial charge on any atom is 0.174 e. The minimum Gasteiger partial charge on any atom is -0.309 e. The number of aromatic nitrogens is 1. The molecule has 0 spiro atoms. The van der Waals surface area contributed by atoms with Gasteiger partial charge in [-0.3, -0.25) is 0 Å². The fourth-order valence-electron chi connectivity index (χ4n) is 8.77. The quantitative estimate of drug-likeness (QED) is 0.162. The zero-order valence-electron chi connectivity index (χ0n) is 29.9. The Kier molecular flexibility index (Phi) is 7.17. The summed E-state index contributed by atoms with van der Waals surface area (Å²) in [5.41, 5.74) is 12.1. The summed E-state index contributed by atoms with van der Waals surface area (Å²) in [4.78, 5) is 0. The van der Waals surface area contributed by atoms with Gasteiger partial charge in [-0.25, -0.2) is 0 Å². The second-order valence-electron chi connectivity index (χ2n) is 14.4. The van der Waals surface area contributed by atoms with Crippen LogP contribution in [0.2, 0.25) is 0 Å². The minimum absolute atomic E-state index is 0.854. The van der Waals surface area contributed by atoms with Crippen LogP contribution >= 0.6 is 7.14 Å². The standard InChI is InChI=1S/C52H34NOP/c54-55(44-20-8-3-9-21-44)50-34-40-19-11-10-18-39(40)33-48(50)47-29-28-46-45-22-12-13-23-49(45)53(51(46)52(47)55)43-31-41(36-16-6-2-7-17-36)30-42(32-43)38-26-24-37(25-27-38)35-14-4-1-5-15-35/h1-34H. The predicted molar refractivity (Wildman–Crippen MR) is 233 cm³/mol. The maximum atomic E-state index is 16.5. The third-order valence-corrected chi connectivity index (χ3v) is 14.5. The zero-order valence-corrected chi connectivity index (χ0v) is 30.8. The van der Waals surface area contributed by atoms with Crippen LogP contribution in [0, 0.1) is 0 Å². The van der Waals surface area contributed by atoms with Gasteiger partial charge in [0.1, 0.15) is 0 Å². The smallest absolute Gasteiger partial charge is 0.174 e. The predicted octanol–water partition coefficient (Wildman–Crippen LogP) is 12.6. The van der Waals surface area contributed by atoms with Crippen LogP contribution in [0.15, 0.2) is 206 Å². The molecule has 11 rings (SSSR count). The van der Waals surface area contributed by atoms with E-state index in [-0.39, 0.29) is 0 Å². The van der Waals surface area contributed by atoms with Crippen molar-refractivity contribution in [2.24, 2.45) is 0 Å². The average molecular weight is 720 g/mol. The van der Waals surface area contributed by atoms with E-state index in [1.165, 1.54) is 11.1 Å². The number of hydrogen-bond acceptors (Lipinski definition) is 1. The molecule has 1 aromatic heterocycles. The van der Waals surface area contributed by atoms with Gasteiger partial charge in [-0.05, 0) is 91.7 Å². The van der Waals surface area contributed by atoms with Crippen LogP contribution in [0.4, 0.5) is 0 Å². The van der Waals surface area contributed by atoms with Gasteiger partial charge in [0.15, 0.2) is 7.14 Å². The maximum absolute atomic E-state index is 16.5. The molecule has 0 aliphatic carbocycles. The molecule has 1 aliphatic heterocycles. The SMILES string of the molecule is O=P1(c2ccccc2)c2cc3ccccc3cc2-c2ccc3c4ccccc4n(-c4cc(-c5ccccc5)cc(-c5ccc(-c6ccccc6)cc5)c4)c3c21. The summed E-state index contributed by atoms with van der Waals surface area (Å²) < 4.78 is 18.9. The van der Waals surface area contributed by atoms with Crippen molar-refractivity contribution < 1.29 is 4.57 Å². The Labute approximate surface area is 320 Å². The van der Waals surface area contributed by atoms with E-state index in [0.29, 0.717) is 0 Å². The Morgan fingerprint density at radius 2 is 0.909 bits per heavy atom. The second-order valence-corrected chi connectivity index (χ2v) is 17.1. The number of benzene rings is 9. The molecule has 0 N–H and O–H groups in total. The van der Waals surface area contributed by atoms with Gasteiger partial charge in [0.25, 0.3) is 0 Å². The molecule has 1 unspecified atom stereocenters. The molecule has 0 fully saturated rings. The molecule has 258 valence electrons. The first-order valence-corrected chi connectivity index (χ1v) is 20.5. The first-order chi connectivity index (χ1) is 27.1. The fraction of sp³-hybridized carbons (Fsp3) is 0.